The molecule has 88 valence electrons. The van der Waals surface area contributed by atoms with E-state index in [0.717, 1.165) is 30.4 Å². The standard InChI is InChI=1S/C14H15BrN2/c15-12-3-4-14-13(7-12)11(9-17-14)6-10-2-1-5-16-8-10/h2-4,7,9,16-17H,1,5-6,8H2. The molecule has 1 aromatic carbocycles. The summed E-state index contributed by atoms with van der Waals surface area (Å²) in [6.07, 6.45) is 6.70. The Balaban J connectivity index is 1.94. The van der Waals surface area contributed by atoms with Gasteiger partial charge in [0.15, 0.2) is 0 Å². The molecule has 17 heavy (non-hydrogen) atoms. The van der Waals surface area contributed by atoms with Gasteiger partial charge in [0.05, 0.1) is 0 Å². The van der Waals surface area contributed by atoms with E-state index in [2.05, 4.69) is 56.7 Å². The van der Waals surface area contributed by atoms with Crippen LogP contribution >= 0.6 is 15.9 Å². The van der Waals surface area contributed by atoms with Crippen molar-refractivity contribution in [1.29, 1.82) is 0 Å². The second-order valence-corrected chi connectivity index (χ2v) is 5.42. The maximum Gasteiger partial charge on any atom is 0.0457 e. The number of fused-ring (bicyclic) bond motifs is 1. The van der Waals surface area contributed by atoms with Crippen LogP contribution in [0.5, 0.6) is 0 Å². The molecule has 0 amide bonds. The number of hydrogen-bond donors (Lipinski definition) is 2. The molecule has 0 atom stereocenters. The number of rotatable bonds is 2. The van der Waals surface area contributed by atoms with Gasteiger partial charge in [0.25, 0.3) is 0 Å². The zero-order valence-corrected chi connectivity index (χ0v) is 11.2. The SMILES string of the molecule is Brc1ccc2[nH]cc(CC3=CCCNC3)c2c1. The van der Waals surface area contributed by atoms with E-state index in [9.17, 15) is 0 Å². The Morgan fingerprint density at radius 3 is 3.06 bits per heavy atom. The lowest BCUT2D eigenvalue weighted by atomic mass is 10.0. The summed E-state index contributed by atoms with van der Waals surface area (Å²) in [5.74, 6) is 0. The Hall–Kier alpha value is -1.06. The number of aromatic amines is 1. The summed E-state index contributed by atoms with van der Waals surface area (Å²) in [5.41, 5.74) is 4.10. The van der Waals surface area contributed by atoms with Crippen LogP contribution in [0.3, 0.4) is 0 Å². The van der Waals surface area contributed by atoms with Gasteiger partial charge in [0, 0.05) is 28.1 Å². The third kappa shape index (κ3) is 2.31. The van der Waals surface area contributed by atoms with E-state index in [1.165, 1.54) is 22.0 Å². The summed E-state index contributed by atoms with van der Waals surface area (Å²) >= 11 is 3.54. The van der Waals surface area contributed by atoms with Crippen LogP contribution in [0.2, 0.25) is 0 Å². The van der Waals surface area contributed by atoms with Gasteiger partial charge < -0.3 is 10.3 Å². The summed E-state index contributed by atoms with van der Waals surface area (Å²) in [6, 6.07) is 6.39. The molecule has 0 saturated heterocycles. The van der Waals surface area contributed by atoms with Gasteiger partial charge in [-0.05, 0) is 43.1 Å². The van der Waals surface area contributed by atoms with Crippen LogP contribution in [0, 0.1) is 0 Å². The monoisotopic (exact) mass is 290 g/mol. The maximum atomic E-state index is 3.54. The van der Waals surface area contributed by atoms with E-state index < -0.39 is 0 Å². The van der Waals surface area contributed by atoms with E-state index in [-0.39, 0.29) is 0 Å². The minimum atomic E-state index is 1.03. The predicted molar refractivity (Wildman–Crippen MR) is 75.3 cm³/mol. The second-order valence-electron chi connectivity index (χ2n) is 4.51. The normalized spacial score (nSPS) is 16.2. The first kappa shape index (κ1) is 11.1. The van der Waals surface area contributed by atoms with Crippen LogP contribution in [0.15, 0.2) is 40.5 Å². The molecule has 2 nitrogen and oxygen atoms in total. The van der Waals surface area contributed by atoms with Crippen molar-refractivity contribution in [2.75, 3.05) is 13.1 Å². The fraction of sp³-hybridized carbons (Fsp3) is 0.286. The Kier molecular flexibility index (Phi) is 3.04. The lowest BCUT2D eigenvalue weighted by Crippen LogP contribution is -2.22. The van der Waals surface area contributed by atoms with Gasteiger partial charge in [-0.1, -0.05) is 27.6 Å². The van der Waals surface area contributed by atoms with Gasteiger partial charge in [-0.25, -0.2) is 0 Å². The van der Waals surface area contributed by atoms with Crippen LogP contribution < -0.4 is 5.32 Å². The van der Waals surface area contributed by atoms with Gasteiger partial charge in [0.1, 0.15) is 0 Å². The summed E-state index contributed by atoms with van der Waals surface area (Å²) in [6.45, 7) is 2.14. The van der Waals surface area contributed by atoms with Crippen LogP contribution in [0.25, 0.3) is 10.9 Å². The molecule has 0 fully saturated rings. The van der Waals surface area contributed by atoms with E-state index in [1.807, 2.05) is 0 Å². The highest BCUT2D eigenvalue weighted by Gasteiger charge is 2.08. The number of H-pyrrole nitrogens is 1. The minimum absolute atomic E-state index is 1.03. The molecule has 1 aromatic heterocycles. The fourth-order valence-corrected chi connectivity index (χ4v) is 2.74. The largest absolute Gasteiger partial charge is 0.361 e. The molecule has 0 radical (unpaired) electrons. The first-order valence-corrected chi connectivity index (χ1v) is 6.76. The lowest BCUT2D eigenvalue weighted by Gasteiger charge is -2.13. The molecule has 0 unspecified atom stereocenters. The average Bonchev–Trinajstić information content (AvgIpc) is 2.73. The minimum Gasteiger partial charge on any atom is -0.361 e. The van der Waals surface area contributed by atoms with Crippen LogP contribution in [0.1, 0.15) is 12.0 Å². The van der Waals surface area contributed by atoms with Gasteiger partial charge in [0.2, 0.25) is 0 Å². The number of benzene rings is 1. The number of aromatic nitrogens is 1. The molecular formula is C14H15BrN2. The Morgan fingerprint density at radius 2 is 2.24 bits per heavy atom. The lowest BCUT2D eigenvalue weighted by molar-refractivity contribution is 0.691. The van der Waals surface area contributed by atoms with Crippen molar-refractivity contribution in [1.82, 2.24) is 10.3 Å². The third-order valence-electron chi connectivity index (χ3n) is 3.25. The van der Waals surface area contributed by atoms with Crippen molar-refractivity contribution in [2.24, 2.45) is 0 Å². The van der Waals surface area contributed by atoms with E-state index >= 15 is 0 Å². The molecule has 3 heteroatoms. The van der Waals surface area contributed by atoms with Crippen molar-refractivity contribution in [3.63, 3.8) is 0 Å². The molecule has 0 aliphatic carbocycles. The summed E-state index contributed by atoms with van der Waals surface area (Å²) in [5, 5.41) is 4.74. The predicted octanol–water partition coefficient (Wildman–Crippen LogP) is 3.39. The maximum absolute atomic E-state index is 3.54. The van der Waals surface area contributed by atoms with Gasteiger partial charge in [-0.3, -0.25) is 0 Å². The van der Waals surface area contributed by atoms with Crippen LogP contribution in [0.4, 0.5) is 0 Å². The Bertz CT molecular complexity index is 569. The van der Waals surface area contributed by atoms with E-state index in [1.54, 1.807) is 0 Å². The van der Waals surface area contributed by atoms with Gasteiger partial charge >= 0.3 is 0 Å². The van der Waals surface area contributed by atoms with Crippen molar-refractivity contribution in [2.45, 2.75) is 12.8 Å². The van der Waals surface area contributed by atoms with E-state index in [4.69, 9.17) is 0 Å². The van der Waals surface area contributed by atoms with Crippen molar-refractivity contribution < 1.29 is 0 Å². The van der Waals surface area contributed by atoms with Gasteiger partial charge in [-0.15, -0.1) is 0 Å². The Labute approximate surface area is 109 Å². The molecule has 2 N–H and O–H groups in total. The summed E-state index contributed by atoms with van der Waals surface area (Å²) in [7, 11) is 0. The molecular weight excluding hydrogens is 276 g/mol. The molecule has 3 rings (SSSR count). The molecule has 1 aliphatic rings. The van der Waals surface area contributed by atoms with Crippen LogP contribution in [-0.4, -0.2) is 18.1 Å². The number of hydrogen-bond acceptors (Lipinski definition) is 1. The molecule has 0 saturated carbocycles. The Morgan fingerprint density at radius 1 is 1.29 bits per heavy atom. The fourth-order valence-electron chi connectivity index (χ4n) is 2.38. The number of halogens is 1. The highest BCUT2D eigenvalue weighted by atomic mass is 79.9. The highest BCUT2D eigenvalue weighted by molar-refractivity contribution is 9.10. The molecule has 1 aliphatic heterocycles. The molecule has 2 aromatic rings. The zero-order valence-electron chi connectivity index (χ0n) is 9.59. The number of nitrogens with one attached hydrogen (secondary N) is 2. The summed E-state index contributed by atoms with van der Waals surface area (Å²) < 4.78 is 1.14. The third-order valence-corrected chi connectivity index (χ3v) is 3.75. The first-order chi connectivity index (χ1) is 8.33. The molecule has 0 bridgehead atoms. The smallest absolute Gasteiger partial charge is 0.0457 e. The van der Waals surface area contributed by atoms with E-state index in [0.29, 0.717) is 0 Å². The summed E-state index contributed by atoms with van der Waals surface area (Å²) in [4.78, 5) is 3.34. The quantitative estimate of drug-likeness (QED) is 0.816. The topological polar surface area (TPSA) is 27.8 Å². The highest BCUT2D eigenvalue weighted by Crippen LogP contribution is 2.24. The molecule has 2 heterocycles. The van der Waals surface area contributed by atoms with Crippen molar-refractivity contribution in [3.8, 4) is 0 Å². The second kappa shape index (κ2) is 4.67. The van der Waals surface area contributed by atoms with Gasteiger partial charge in [-0.2, -0.15) is 0 Å². The zero-order chi connectivity index (χ0) is 11.7. The van der Waals surface area contributed by atoms with Crippen molar-refractivity contribution in [3.05, 3.63) is 46.1 Å². The average molecular weight is 291 g/mol. The first-order valence-electron chi connectivity index (χ1n) is 5.97. The van der Waals surface area contributed by atoms with Crippen LogP contribution in [-0.2, 0) is 6.42 Å². The molecule has 0 spiro atoms. The van der Waals surface area contributed by atoms with Crippen molar-refractivity contribution >= 4 is 26.8 Å².